The third-order valence-electron chi connectivity index (χ3n) is 3.37. The maximum atomic E-state index is 11.9. The monoisotopic (exact) mass is 309 g/mol. The molecule has 0 aliphatic rings. The van der Waals surface area contributed by atoms with Gasteiger partial charge in [-0.25, -0.2) is 10.2 Å². The lowest BCUT2D eigenvalue weighted by Gasteiger charge is -2.15. The number of carbonyl (C=O) groups is 2. The SMILES string of the molecule is Cc1cc(C(=O)NNC(=O)N[C@H](C)CCCC(C)C)c(C)o1. The Labute approximate surface area is 132 Å². The number of rotatable bonds is 6. The third-order valence-corrected chi connectivity index (χ3v) is 3.37. The van der Waals surface area contributed by atoms with E-state index in [4.69, 9.17) is 4.42 Å². The summed E-state index contributed by atoms with van der Waals surface area (Å²) in [6.07, 6.45) is 3.13. The summed E-state index contributed by atoms with van der Waals surface area (Å²) in [6, 6.07) is 1.29. The van der Waals surface area contributed by atoms with Crippen molar-refractivity contribution in [1.29, 1.82) is 0 Å². The molecule has 0 bridgehead atoms. The fourth-order valence-corrected chi connectivity index (χ4v) is 2.20. The second-order valence-electron chi connectivity index (χ2n) is 6.11. The zero-order valence-corrected chi connectivity index (χ0v) is 14.1. The first-order valence-corrected chi connectivity index (χ1v) is 7.73. The van der Waals surface area contributed by atoms with E-state index in [0.717, 1.165) is 19.3 Å². The molecule has 0 aliphatic carbocycles. The number of amides is 3. The number of hydrogen-bond donors (Lipinski definition) is 3. The number of aryl methyl sites for hydroxylation is 2. The maximum absolute atomic E-state index is 11.9. The van der Waals surface area contributed by atoms with Gasteiger partial charge in [0.25, 0.3) is 5.91 Å². The van der Waals surface area contributed by atoms with E-state index in [2.05, 4.69) is 30.0 Å². The minimum absolute atomic E-state index is 0.0635. The van der Waals surface area contributed by atoms with Crippen molar-refractivity contribution in [1.82, 2.24) is 16.2 Å². The molecule has 0 saturated heterocycles. The topological polar surface area (TPSA) is 83.4 Å². The molecule has 3 amide bonds. The van der Waals surface area contributed by atoms with Crippen LogP contribution in [0.3, 0.4) is 0 Å². The second-order valence-corrected chi connectivity index (χ2v) is 6.11. The van der Waals surface area contributed by atoms with Gasteiger partial charge in [-0.1, -0.05) is 26.7 Å². The highest BCUT2D eigenvalue weighted by Crippen LogP contribution is 2.12. The summed E-state index contributed by atoms with van der Waals surface area (Å²) in [5, 5.41) is 2.79. The van der Waals surface area contributed by atoms with Crippen LogP contribution in [0.25, 0.3) is 0 Å². The highest BCUT2D eigenvalue weighted by molar-refractivity contribution is 5.96. The molecule has 124 valence electrons. The van der Waals surface area contributed by atoms with E-state index in [-0.39, 0.29) is 6.04 Å². The van der Waals surface area contributed by atoms with Crippen molar-refractivity contribution in [3.05, 3.63) is 23.2 Å². The molecule has 3 N–H and O–H groups in total. The van der Waals surface area contributed by atoms with E-state index in [0.29, 0.717) is 23.0 Å². The van der Waals surface area contributed by atoms with Crippen LogP contribution in [0.4, 0.5) is 4.79 Å². The molecule has 0 aliphatic heterocycles. The molecule has 6 heteroatoms. The Balaban J connectivity index is 2.30. The van der Waals surface area contributed by atoms with Crippen LogP contribution in [-0.2, 0) is 0 Å². The van der Waals surface area contributed by atoms with Crippen molar-refractivity contribution >= 4 is 11.9 Å². The Morgan fingerprint density at radius 1 is 1.14 bits per heavy atom. The largest absolute Gasteiger partial charge is 0.466 e. The lowest BCUT2D eigenvalue weighted by molar-refractivity contribution is 0.0934. The minimum atomic E-state index is -0.414. The summed E-state index contributed by atoms with van der Waals surface area (Å²) in [4.78, 5) is 23.6. The number of carbonyl (C=O) groups excluding carboxylic acids is 2. The molecule has 22 heavy (non-hydrogen) atoms. The van der Waals surface area contributed by atoms with Crippen LogP contribution in [0, 0.1) is 19.8 Å². The molecule has 1 heterocycles. The normalized spacial score (nSPS) is 12.1. The van der Waals surface area contributed by atoms with Crippen LogP contribution < -0.4 is 16.2 Å². The summed E-state index contributed by atoms with van der Waals surface area (Å²) < 4.78 is 5.28. The van der Waals surface area contributed by atoms with E-state index in [1.165, 1.54) is 0 Å². The molecule has 0 saturated carbocycles. The van der Waals surface area contributed by atoms with Gasteiger partial charge in [0.15, 0.2) is 0 Å². The molecule has 6 nitrogen and oxygen atoms in total. The highest BCUT2D eigenvalue weighted by atomic mass is 16.3. The van der Waals surface area contributed by atoms with Gasteiger partial charge in [0.2, 0.25) is 0 Å². The first-order valence-electron chi connectivity index (χ1n) is 7.73. The van der Waals surface area contributed by atoms with Gasteiger partial charge in [0.1, 0.15) is 11.5 Å². The van der Waals surface area contributed by atoms with Gasteiger partial charge in [-0.05, 0) is 39.2 Å². The molecule has 1 aromatic heterocycles. The van der Waals surface area contributed by atoms with E-state index in [9.17, 15) is 9.59 Å². The van der Waals surface area contributed by atoms with Gasteiger partial charge >= 0.3 is 6.03 Å². The summed E-state index contributed by atoms with van der Waals surface area (Å²) in [5.41, 5.74) is 5.15. The summed E-state index contributed by atoms with van der Waals surface area (Å²) in [6.45, 7) is 9.78. The summed E-state index contributed by atoms with van der Waals surface area (Å²) >= 11 is 0. The lowest BCUT2D eigenvalue weighted by atomic mass is 10.0. The molecule has 0 radical (unpaired) electrons. The molecule has 0 aromatic carbocycles. The van der Waals surface area contributed by atoms with Crippen molar-refractivity contribution < 1.29 is 14.0 Å². The van der Waals surface area contributed by atoms with Crippen LogP contribution in [0.1, 0.15) is 61.9 Å². The number of hydrazine groups is 1. The molecule has 1 atom stereocenters. The van der Waals surface area contributed by atoms with Gasteiger partial charge in [0.05, 0.1) is 5.56 Å². The standard InChI is InChI=1S/C16H27N3O3/c1-10(2)7-6-8-11(3)17-16(21)19-18-15(20)14-9-12(4)22-13(14)5/h9-11H,6-8H2,1-5H3,(H,18,20)(H2,17,19,21)/t11-/m1/s1. The number of nitrogens with one attached hydrogen (secondary N) is 3. The summed E-state index contributed by atoms with van der Waals surface area (Å²) in [7, 11) is 0. The fourth-order valence-electron chi connectivity index (χ4n) is 2.20. The molecule has 0 unspecified atom stereocenters. The zero-order valence-electron chi connectivity index (χ0n) is 14.1. The molecule has 1 aromatic rings. The van der Waals surface area contributed by atoms with Crippen LogP contribution in [0.5, 0.6) is 0 Å². The van der Waals surface area contributed by atoms with Crippen molar-refractivity contribution in [2.75, 3.05) is 0 Å². The zero-order chi connectivity index (χ0) is 16.7. The van der Waals surface area contributed by atoms with Crippen molar-refractivity contribution in [2.24, 2.45) is 5.92 Å². The Bertz CT molecular complexity index is 509. The Morgan fingerprint density at radius 2 is 1.82 bits per heavy atom. The number of urea groups is 1. The average Bonchev–Trinajstić information content (AvgIpc) is 2.74. The van der Waals surface area contributed by atoms with Gasteiger partial charge in [0, 0.05) is 6.04 Å². The first kappa shape index (κ1) is 18.1. The quantitative estimate of drug-likeness (QED) is 0.706. The average molecular weight is 309 g/mol. The smallest absolute Gasteiger partial charge is 0.333 e. The van der Waals surface area contributed by atoms with E-state index in [1.807, 2.05) is 6.92 Å². The van der Waals surface area contributed by atoms with Crippen molar-refractivity contribution in [3.8, 4) is 0 Å². The molecule has 1 rings (SSSR count). The van der Waals surface area contributed by atoms with Crippen LogP contribution in [0.15, 0.2) is 10.5 Å². The molecular formula is C16H27N3O3. The van der Waals surface area contributed by atoms with Crippen molar-refractivity contribution in [2.45, 2.75) is 59.9 Å². The van der Waals surface area contributed by atoms with E-state index in [1.54, 1.807) is 19.9 Å². The summed E-state index contributed by atoms with van der Waals surface area (Å²) in [5.74, 6) is 1.46. The van der Waals surface area contributed by atoms with Gasteiger partial charge in [-0.3, -0.25) is 10.2 Å². The minimum Gasteiger partial charge on any atom is -0.466 e. The third kappa shape index (κ3) is 6.20. The predicted octanol–water partition coefficient (Wildman–Crippen LogP) is 3.06. The first-order chi connectivity index (χ1) is 10.3. The van der Waals surface area contributed by atoms with Crippen molar-refractivity contribution in [3.63, 3.8) is 0 Å². The Hall–Kier alpha value is -1.98. The van der Waals surface area contributed by atoms with Gasteiger partial charge in [-0.15, -0.1) is 0 Å². The lowest BCUT2D eigenvalue weighted by Crippen LogP contribution is -2.49. The number of hydrogen-bond acceptors (Lipinski definition) is 3. The molecular weight excluding hydrogens is 282 g/mol. The van der Waals surface area contributed by atoms with E-state index < -0.39 is 11.9 Å². The van der Waals surface area contributed by atoms with Gasteiger partial charge < -0.3 is 9.73 Å². The molecule has 0 spiro atoms. The van der Waals surface area contributed by atoms with Crippen LogP contribution in [0.2, 0.25) is 0 Å². The fraction of sp³-hybridized carbons (Fsp3) is 0.625. The van der Waals surface area contributed by atoms with Crippen LogP contribution in [-0.4, -0.2) is 18.0 Å². The van der Waals surface area contributed by atoms with Crippen LogP contribution >= 0.6 is 0 Å². The highest BCUT2D eigenvalue weighted by Gasteiger charge is 2.14. The van der Waals surface area contributed by atoms with Gasteiger partial charge in [-0.2, -0.15) is 0 Å². The maximum Gasteiger partial charge on any atom is 0.333 e. The van der Waals surface area contributed by atoms with E-state index >= 15 is 0 Å². The number of furan rings is 1. The Morgan fingerprint density at radius 3 is 2.36 bits per heavy atom. The Kier molecular flexibility index (Phi) is 6.95. The predicted molar refractivity (Wildman–Crippen MR) is 85.5 cm³/mol. The second kappa shape index (κ2) is 8.46. The molecule has 0 fully saturated rings.